The molecule has 0 spiro atoms. The number of para-hydroxylation sites is 1. The molecular weight excluding hydrogens is 308 g/mol. The van der Waals surface area contributed by atoms with Crippen molar-refractivity contribution in [1.29, 1.82) is 0 Å². The van der Waals surface area contributed by atoms with Gasteiger partial charge in [-0.3, -0.25) is 9.78 Å². The smallest absolute Gasteiger partial charge is 0.274 e. The van der Waals surface area contributed by atoms with Gasteiger partial charge >= 0.3 is 0 Å². The molecule has 2 aromatic heterocycles. The van der Waals surface area contributed by atoms with E-state index >= 15 is 0 Å². The molecule has 0 radical (unpaired) electrons. The summed E-state index contributed by atoms with van der Waals surface area (Å²) in [6, 6.07) is 7.58. The monoisotopic (exact) mass is 326 g/mol. The average molecular weight is 326 g/mol. The molecule has 0 atom stereocenters. The highest BCUT2D eigenvalue weighted by Gasteiger charge is 2.16. The van der Waals surface area contributed by atoms with E-state index in [0.717, 1.165) is 23.7 Å². The summed E-state index contributed by atoms with van der Waals surface area (Å²) in [4.78, 5) is 14.0. The Bertz CT molecular complexity index is 957. The molecule has 0 saturated heterocycles. The topological polar surface area (TPSA) is 109 Å². The number of hydrogen-bond donors (Lipinski definition) is 2. The lowest BCUT2D eigenvalue weighted by Crippen LogP contribution is -2.12. The van der Waals surface area contributed by atoms with Crippen molar-refractivity contribution in [3.63, 3.8) is 0 Å². The van der Waals surface area contributed by atoms with Crippen LogP contribution >= 0.6 is 0 Å². The summed E-state index contributed by atoms with van der Waals surface area (Å²) < 4.78 is 1.82. The Morgan fingerprint density at radius 1 is 1.25 bits per heavy atom. The molecular formula is C16H18N6O2. The number of aromatic nitrogens is 4. The largest absolute Gasteiger partial charge is 0.493 e. The molecule has 0 bridgehead atoms. The Morgan fingerprint density at radius 2 is 2.04 bits per heavy atom. The first-order valence-electron chi connectivity index (χ1n) is 7.77. The van der Waals surface area contributed by atoms with Gasteiger partial charge < -0.3 is 9.67 Å². The summed E-state index contributed by atoms with van der Waals surface area (Å²) in [6.45, 7) is 4.34. The lowest BCUT2D eigenvalue weighted by Gasteiger charge is -2.05. The quantitative estimate of drug-likeness (QED) is 0.701. The molecule has 0 unspecified atom stereocenters. The fourth-order valence-corrected chi connectivity index (χ4v) is 2.44. The number of aromatic hydroxyl groups is 1. The second kappa shape index (κ2) is 6.61. The zero-order valence-electron chi connectivity index (χ0n) is 13.5. The van der Waals surface area contributed by atoms with Crippen molar-refractivity contribution in [3.8, 4) is 5.88 Å². The zero-order chi connectivity index (χ0) is 17.1. The number of nitrogens with one attached hydrogen (secondary N) is 1. The molecule has 0 amide bonds. The van der Waals surface area contributed by atoms with Crippen molar-refractivity contribution >= 4 is 22.5 Å². The summed E-state index contributed by atoms with van der Waals surface area (Å²) >= 11 is 0. The molecule has 8 nitrogen and oxygen atoms in total. The second-order valence-corrected chi connectivity index (χ2v) is 5.46. The van der Waals surface area contributed by atoms with E-state index in [1.54, 1.807) is 6.92 Å². The van der Waals surface area contributed by atoms with Crippen LogP contribution in [0.2, 0.25) is 0 Å². The van der Waals surface area contributed by atoms with Crippen molar-refractivity contribution in [2.45, 2.75) is 33.2 Å². The van der Waals surface area contributed by atoms with Crippen LogP contribution in [0.5, 0.6) is 5.88 Å². The van der Waals surface area contributed by atoms with Crippen LogP contribution < -0.4 is 5.56 Å². The van der Waals surface area contributed by atoms with Crippen LogP contribution in [0, 0.1) is 6.92 Å². The molecule has 0 aliphatic rings. The summed E-state index contributed by atoms with van der Waals surface area (Å²) in [5, 5.41) is 26.8. The fraction of sp³-hybridized carbons (Fsp3) is 0.312. The first-order chi connectivity index (χ1) is 11.6. The van der Waals surface area contributed by atoms with Gasteiger partial charge in [-0.2, -0.15) is 0 Å². The van der Waals surface area contributed by atoms with Crippen molar-refractivity contribution in [2.75, 3.05) is 0 Å². The molecule has 8 heteroatoms. The molecule has 24 heavy (non-hydrogen) atoms. The van der Waals surface area contributed by atoms with Gasteiger partial charge in [-0.05, 0) is 19.4 Å². The van der Waals surface area contributed by atoms with Crippen LogP contribution in [0.1, 0.15) is 25.5 Å². The minimum atomic E-state index is -0.367. The van der Waals surface area contributed by atoms with Crippen LogP contribution in [-0.2, 0) is 6.54 Å². The van der Waals surface area contributed by atoms with Crippen molar-refractivity contribution in [3.05, 3.63) is 40.3 Å². The minimum Gasteiger partial charge on any atom is -0.493 e. The molecule has 0 fully saturated rings. The predicted octanol–water partition coefficient (Wildman–Crippen LogP) is 3.35. The molecule has 0 aliphatic carbocycles. The maximum atomic E-state index is 11.5. The van der Waals surface area contributed by atoms with Gasteiger partial charge in [0.1, 0.15) is 5.69 Å². The first-order valence-corrected chi connectivity index (χ1v) is 7.77. The lowest BCUT2D eigenvalue weighted by atomic mass is 10.2. The van der Waals surface area contributed by atoms with E-state index in [2.05, 4.69) is 32.3 Å². The third-order valence-electron chi connectivity index (χ3n) is 3.75. The Balaban J connectivity index is 2.05. The molecule has 1 aromatic carbocycles. The number of aryl methyl sites for hydroxylation is 2. The number of unbranched alkanes of at least 4 members (excludes halogenated alkanes) is 1. The summed E-state index contributed by atoms with van der Waals surface area (Å²) in [5.41, 5.74) is 1.13. The van der Waals surface area contributed by atoms with E-state index in [0.29, 0.717) is 12.2 Å². The van der Waals surface area contributed by atoms with Gasteiger partial charge in [0.05, 0.1) is 5.52 Å². The fourth-order valence-electron chi connectivity index (χ4n) is 2.44. The van der Waals surface area contributed by atoms with E-state index in [4.69, 9.17) is 0 Å². The van der Waals surface area contributed by atoms with E-state index in [1.165, 1.54) is 0 Å². The Kier molecular flexibility index (Phi) is 4.37. The summed E-state index contributed by atoms with van der Waals surface area (Å²) in [5.74, 6) is 0.0474. The summed E-state index contributed by atoms with van der Waals surface area (Å²) in [7, 11) is 0. The second-order valence-electron chi connectivity index (χ2n) is 5.46. The minimum absolute atomic E-state index is 0.00427. The molecule has 2 heterocycles. The van der Waals surface area contributed by atoms with Crippen LogP contribution in [0.25, 0.3) is 10.9 Å². The van der Waals surface area contributed by atoms with Crippen LogP contribution in [0.15, 0.2) is 39.3 Å². The Morgan fingerprint density at radius 3 is 2.79 bits per heavy atom. The Hall–Kier alpha value is -3.03. The third kappa shape index (κ3) is 2.90. The van der Waals surface area contributed by atoms with Gasteiger partial charge in [0.25, 0.3) is 11.5 Å². The van der Waals surface area contributed by atoms with E-state index in [1.807, 2.05) is 28.8 Å². The van der Waals surface area contributed by atoms with E-state index < -0.39 is 0 Å². The highest BCUT2D eigenvalue weighted by Crippen LogP contribution is 2.39. The molecule has 3 rings (SSSR count). The number of hydrogen-bond acceptors (Lipinski definition) is 6. The SMILES string of the molecule is CCCCn1c(O)c(N=Nc2nnc(C)c(=O)[nH]2)c2ccccc21. The van der Waals surface area contributed by atoms with Gasteiger partial charge in [0, 0.05) is 11.9 Å². The van der Waals surface area contributed by atoms with E-state index in [9.17, 15) is 9.90 Å². The maximum absolute atomic E-state index is 11.5. The van der Waals surface area contributed by atoms with Crippen LogP contribution in [-0.4, -0.2) is 24.9 Å². The molecule has 0 saturated carbocycles. The predicted molar refractivity (Wildman–Crippen MR) is 90.1 cm³/mol. The number of benzene rings is 1. The molecule has 0 aliphatic heterocycles. The molecule has 124 valence electrons. The standard InChI is InChI=1S/C16H18N6O2/c1-3-4-9-22-12-8-6-5-7-11(12)13(15(22)24)19-21-16-17-14(23)10(2)18-20-16/h5-8,24H,3-4,9H2,1-2H3,(H,17,20,23). The number of nitrogens with zero attached hydrogens (tertiary/aromatic N) is 5. The number of rotatable bonds is 5. The van der Waals surface area contributed by atoms with Gasteiger partial charge in [0.2, 0.25) is 5.88 Å². The third-order valence-corrected chi connectivity index (χ3v) is 3.75. The summed E-state index contributed by atoms with van der Waals surface area (Å²) in [6.07, 6.45) is 1.96. The van der Waals surface area contributed by atoms with Gasteiger partial charge in [-0.15, -0.1) is 20.4 Å². The number of aromatic amines is 1. The average Bonchev–Trinajstić information content (AvgIpc) is 2.85. The molecule has 2 N–H and O–H groups in total. The van der Waals surface area contributed by atoms with Crippen LogP contribution in [0.4, 0.5) is 11.6 Å². The first kappa shape index (κ1) is 15.9. The van der Waals surface area contributed by atoms with Gasteiger partial charge in [-0.25, -0.2) is 0 Å². The lowest BCUT2D eigenvalue weighted by molar-refractivity contribution is 0.418. The normalized spacial score (nSPS) is 11.6. The van der Waals surface area contributed by atoms with Crippen molar-refractivity contribution in [2.24, 2.45) is 10.2 Å². The number of azo groups is 1. The highest BCUT2D eigenvalue weighted by atomic mass is 16.3. The van der Waals surface area contributed by atoms with Gasteiger partial charge in [0.15, 0.2) is 5.69 Å². The number of fused-ring (bicyclic) bond motifs is 1. The zero-order valence-corrected chi connectivity index (χ0v) is 13.5. The van der Waals surface area contributed by atoms with Crippen molar-refractivity contribution < 1.29 is 5.11 Å². The van der Waals surface area contributed by atoms with E-state index in [-0.39, 0.29) is 23.1 Å². The maximum Gasteiger partial charge on any atom is 0.274 e. The highest BCUT2D eigenvalue weighted by molar-refractivity contribution is 5.94. The van der Waals surface area contributed by atoms with Gasteiger partial charge in [-0.1, -0.05) is 31.5 Å². The van der Waals surface area contributed by atoms with Crippen LogP contribution in [0.3, 0.4) is 0 Å². The Labute approximate surface area is 137 Å². The molecule has 3 aromatic rings. The number of H-pyrrole nitrogens is 1. The van der Waals surface area contributed by atoms with Crippen molar-refractivity contribution in [1.82, 2.24) is 19.7 Å².